The molecule has 0 bridgehead atoms. The lowest BCUT2D eigenvalue weighted by Crippen LogP contribution is -2.37. The fourth-order valence-corrected chi connectivity index (χ4v) is 4.24. The molecule has 140 valence electrons. The van der Waals surface area contributed by atoms with Crippen LogP contribution in [-0.4, -0.2) is 56.2 Å². The predicted molar refractivity (Wildman–Crippen MR) is 99.9 cm³/mol. The Morgan fingerprint density at radius 1 is 1.27 bits per heavy atom. The minimum Gasteiger partial charge on any atom is -0.468 e. The van der Waals surface area contributed by atoms with Gasteiger partial charge in [0.15, 0.2) is 4.34 Å². The van der Waals surface area contributed by atoms with Crippen LogP contribution in [0.4, 0.5) is 10.8 Å². The van der Waals surface area contributed by atoms with Crippen molar-refractivity contribution >= 4 is 55.8 Å². The molecule has 12 heteroatoms. The lowest BCUT2D eigenvalue weighted by Gasteiger charge is -2.21. The highest BCUT2D eigenvalue weighted by Gasteiger charge is 2.21. The molecule has 2 rings (SSSR count). The third kappa shape index (κ3) is 5.97. The number of hydrogen-bond acceptors (Lipinski definition) is 9. The van der Waals surface area contributed by atoms with Crippen LogP contribution in [-0.2, 0) is 24.3 Å². The topological polar surface area (TPSA) is 119 Å². The number of carbonyl (C=O) groups is 2. The van der Waals surface area contributed by atoms with E-state index in [-0.39, 0.29) is 10.9 Å². The summed E-state index contributed by atoms with van der Waals surface area (Å²) in [5, 5.41) is 10.4. The number of anilines is 2. The highest BCUT2D eigenvalue weighted by Crippen LogP contribution is 2.25. The van der Waals surface area contributed by atoms with Gasteiger partial charge in [0.1, 0.15) is 6.54 Å². The van der Waals surface area contributed by atoms with Crippen LogP contribution in [0.15, 0.2) is 34.7 Å². The Hall–Kier alpha value is -2.18. The first-order valence-corrected chi connectivity index (χ1v) is 10.8. The van der Waals surface area contributed by atoms with Crippen LogP contribution >= 0.6 is 23.1 Å². The number of esters is 1. The number of nitrogens with one attached hydrogen (secondary N) is 1. The van der Waals surface area contributed by atoms with Gasteiger partial charge in [-0.1, -0.05) is 41.3 Å². The van der Waals surface area contributed by atoms with Crippen molar-refractivity contribution in [3.05, 3.63) is 30.3 Å². The lowest BCUT2D eigenvalue weighted by atomic mass is 10.3. The number of ether oxygens (including phenoxy) is 1. The van der Waals surface area contributed by atoms with Gasteiger partial charge in [-0.3, -0.25) is 19.2 Å². The number of sulfonamides is 1. The Labute approximate surface area is 158 Å². The lowest BCUT2D eigenvalue weighted by molar-refractivity contribution is -0.137. The molecule has 2 aromatic rings. The fourth-order valence-electron chi connectivity index (χ4n) is 1.78. The van der Waals surface area contributed by atoms with Gasteiger partial charge in [0.2, 0.25) is 21.1 Å². The summed E-state index contributed by atoms with van der Waals surface area (Å²) in [4.78, 5) is 23.3. The molecule has 0 saturated heterocycles. The summed E-state index contributed by atoms with van der Waals surface area (Å²) in [5.41, 5.74) is 0.386. The van der Waals surface area contributed by atoms with Gasteiger partial charge in [-0.05, 0) is 12.1 Å². The van der Waals surface area contributed by atoms with Crippen molar-refractivity contribution in [3.8, 4) is 0 Å². The van der Waals surface area contributed by atoms with Gasteiger partial charge in [-0.15, -0.1) is 10.2 Å². The van der Waals surface area contributed by atoms with E-state index in [4.69, 9.17) is 0 Å². The zero-order valence-corrected chi connectivity index (χ0v) is 16.4. The van der Waals surface area contributed by atoms with Gasteiger partial charge in [-0.2, -0.15) is 0 Å². The molecular weight excluding hydrogens is 400 g/mol. The minimum absolute atomic E-state index is 0.0783. The number of para-hydroxylation sites is 1. The Bertz CT molecular complexity index is 870. The van der Waals surface area contributed by atoms with Gasteiger partial charge in [0.25, 0.3) is 0 Å². The minimum atomic E-state index is -3.64. The number of aromatic nitrogens is 2. The molecule has 9 nitrogen and oxygen atoms in total. The molecule has 0 aliphatic carbocycles. The summed E-state index contributed by atoms with van der Waals surface area (Å²) in [6, 6.07) is 8.31. The van der Waals surface area contributed by atoms with Crippen molar-refractivity contribution in [1.29, 1.82) is 0 Å². The summed E-state index contributed by atoms with van der Waals surface area (Å²) >= 11 is 2.21. The maximum Gasteiger partial charge on any atom is 0.316 e. The van der Waals surface area contributed by atoms with E-state index in [1.807, 2.05) is 0 Å². The number of thioether (sulfide) groups is 1. The molecule has 1 aromatic carbocycles. The van der Waals surface area contributed by atoms with Gasteiger partial charge >= 0.3 is 5.97 Å². The maximum absolute atomic E-state index is 12.2. The Morgan fingerprint density at radius 3 is 2.58 bits per heavy atom. The van der Waals surface area contributed by atoms with Gasteiger partial charge in [-0.25, -0.2) is 8.42 Å². The van der Waals surface area contributed by atoms with Crippen LogP contribution in [0.1, 0.15) is 0 Å². The van der Waals surface area contributed by atoms with Gasteiger partial charge in [0.05, 0.1) is 24.8 Å². The predicted octanol–water partition coefficient (Wildman–Crippen LogP) is 1.21. The summed E-state index contributed by atoms with van der Waals surface area (Å²) in [6.45, 7) is -0.396. The third-order valence-corrected chi connectivity index (χ3v) is 6.01. The van der Waals surface area contributed by atoms with Crippen LogP contribution in [0.5, 0.6) is 0 Å². The molecule has 0 saturated carbocycles. The molecule has 0 atom stereocenters. The number of amides is 1. The van der Waals surface area contributed by atoms with Crippen LogP contribution in [0, 0.1) is 0 Å². The number of rotatable bonds is 8. The average molecular weight is 417 g/mol. The standard InChI is InChI=1S/C14H16N4O5S3/c1-23-12(20)9-24-14-17-16-13(25-14)15-11(19)8-18(26(2,21)22)10-6-4-3-5-7-10/h3-7H,8-9H2,1-2H3,(H,15,16,19). The zero-order valence-electron chi connectivity index (χ0n) is 13.9. The summed E-state index contributed by atoms with van der Waals surface area (Å²) in [5.74, 6) is -0.878. The molecule has 1 heterocycles. The number of benzene rings is 1. The van der Waals surface area contributed by atoms with E-state index in [0.717, 1.165) is 33.7 Å². The summed E-state index contributed by atoms with van der Waals surface area (Å²) in [6.07, 6.45) is 1.03. The average Bonchev–Trinajstić information content (AvgIpc) is 3.04. The van der Waals surface area contributed by atoms with Crippen LogP contribution in [0.2, 0.25) is 0 Å². The molecule has 0 fully saturated rings. The first kappa shape index (κ1) is 20.1. The van der Waals surface area contributed by atoms with Gasteiger partial charge in [0, 0.05) is 0 Å². The maximum atomic E-state index is 12.2. The fraction of sp³-hybridized carbons (Fsp3) is 0.286. The smallest absolute Gasteiger partial charge is 0.316 e. The first-order valence-electron chi connectivity index (χ1n) is 7.15. The number of hydrogen-bond donors (Lipinski definition) is 1. The van der Waals surface area contributed by atoms with E-state index < -0.39 is 28.4 Å². The molecule has 0 radical (unpaired) electrons. The number of carbonyl (C=O) groups excluding carboxylic acids is 2. The summed E-state index contributed by atoms with van der Waals surface area (Å²) in [7, 11) is -2.35. The Kier molecular flexibility index (Phi) is 6.94. The third-order valence-electron chi connectivity index (χ3n) is 2.93. The van der Waals surface area contributed by atoms with E-state index in [9.17, 15) is 18.0 Å². The first-order chi connectivity index (χ1) is 12.3. The molecule has 0 aliphatic rings. The van der Waals surface area contributed by atoms with E-state index in [1.165, 1.54) is 7.11 Å². The van der Waals surface area contributed by atoms with Crippen molar-refractivity contribution < 1.29 is 22.7 Å². The van der Waals surface area contributed by atoms with Crippen molar-refractivity contribution in [1.82, 2.24) is 10.2 Å². The second-order valence-corrected chi connectivity index (χ2v) is 9.00. The molecule has 26 heavy (non-hydrogen) atoms. The Balaban J connectivity index is 2.01. The van der Waals surface area contributed by atoms with E-state index >= 15 is 0 Å². The molecule has 0 spiro atoms. The molecule has 0 unspecified atom stereocenters. The second kappa shape index (κ2) is 8.96. The van der Waals surface area contributed by atoms with E-state index in [1.54, 1.807) is 30.3 Å². The van der Waals surface area contributed by atoms with Crippen LogP contribution in [0.3, 0.4) is 0 Å². The highest BCUT2D eigenvalue weighted by atomic mass is 32.2. The monoisotopic (exact) mass is 416 g/mol. The molecule has 1 N–H and O–H groups in total. The quantitative estimate of drug-likeness (QED) is 0.387. The largest absolute Gasteiger partial charge is 0.468 e. The van der Waals surface area contributed by atoms with Crippen molar-refractivity contribution in [2.45, 2.75) is 4.34 Å². The normalized spacial score (nSPS) is 11.0. The second-order valence-electron chi connectivity index (χ2n) is 4.89. The van der Waals surface area contributed by atoms with E-state index in [0.29, 0.717) is 10.0 Å². The van der Waals surface area contributed by atoms with Crippen molar-refractivity contribution in [3.63, 3.8) is 0 Å². The molecular formula is C14H16N4O5S3. The zero-order chi connectivity index (χ0) is 19.2. The number of nitrogens with zero attached hydrogens (tertiary/aromatic N) is 3. The molecule has 0 aliphatic heterocycles. The van der Waals surface area contributed by atoms with Crippen molar-refractivity contribution in [2.24, 2.45) is 0 Å². The van der Waals surface area contributed by atoms with E-state index in [2.05, 4.69) is 20.3 Å². The van der Waals surface area contributed by atoms with Crippen LogP contribution in [0.25, 0.3) is 0 Å². The highest BCUT2D eigenvalue weighted by molar-refractivity contribution is 8.01. The SMILES string of the molecule is COC(=O)CSc1nnc(NC(=O)CN(c2ccccc2)S(C)(=O)=O)s1. The number of methoxy groups -OCH3 is 1. The van der Waals surface area contributed by atoms with Gasteiger partial charge < -0.3 is 4.74 Å². The Morgan fingerprint density at radius 2 is 1.96 bits per heavy atom. The molecule has 1 amide bonds. The van der Waals surface area contributed by atoms with Crippen molar-refractivity contribution in [2.75, 3.05) is 35.3 Å². The summed E-state index contributed by atoms with van der Waals surface area (Å²) < 4.78 is 30.0. The van der Waals surface area contributed by atoms with Crippen LogP contribution < -0.4 is 9.62 Å². The molecule has 1 aromatic heterocycles.